The van der Waals surface area contributed by atoms with E-state index in [2.05, 4.69) is 0 Å². The summed E-state index contributed by atoms with van der Waals surface area (Å²) in [5.74, 6) is -0.218. The lowest BCUT2D eigenvalue weighted by Gasteiger charge is -1.98. The van der Waals surface area contributed by atoms with Crippen LogP contribution in [0.5, 0.6) is 11.5 Å². The average Bonchev–Trinajstić information content (AvgIpc) is 2.23. The number of hydrogen-bond acceptors (Lipinski definition) is 2. The standard InChI is InChI=1S/C11H9NO2.HI/c13-10-5-4-9(8-11(10)14)12-6-2-1-3-7-12;/h1-8H,(H-,13,14);1H. The highest BCUT2D eigenvalue weighted by Gasteiger charge is 2.07. The van der Waals surface area contributed by atoms with E-state index in [1.165, 1.54) is 12.1 Å². The third-order valence-electron chi connectivity index (χ3n) is 1.97. The molecular formula is C11H10INO2. The van der Waals surface area contributed by atoms with E-state index in [9.17, 15) is 5.11 Å². The first-order valence-electron chi connectivity index (χ1n) is 4.26. The Bertz CT molecular complexity index is 446. The molecule has 2 N–H and O–H groups in total. The Morgan fingerprint density at radius 2 is 1.53 bits per heavy atom. The van der Waals surface area contributed by atoms with Crippen LogP contribution in [-0.4, -0.2) is 10.2 Å². The minimum atomic E-state index is -0.112. The van der Waals surface area contributed by atoms with E-state index >= 15 is 0 Å². The van der Waals surface area contributed by atoms with E-state index in [4.69, 9.17) is 5.11 Å². The van der Waals surface area contributed by atoms with Crippen LogP contribution in [0.3, 0.4) is 0 Å². The number of halogens is 1. The van der Waals surface area contributed by atoms with E-state index in [1.807, 2.05) is 35.2 Å². The van der Waals surface area contributed by atoms with Gasteiger partial charge < -0.3 is 34.2 Å². The van der Waals surface area contributed by atoms with Gasteiger partial charge in [-0.05, 0) is 6.07 Å². The van der Waals surface area contributed by atoms with Gasteiger partial charge in [0.25, 0.3) is 0 Å². The fraction of sp³-hybridized carbons (Fsp3) is 0. The molecule has 0 atom stereocenters. The summed E-state index contributed by atoms with van der Waals surface area (Å²) in [6.45, 7) is 0. The number of pyridine rings is 1. The zero-order chi connectivity index (χ0) is 9.97. The predicted octanol–water partition coefficient (Wildman–Crippen LogP) is -1.62. The van der Waals surface area contributed by atoms with Crippen LogP contribution in [0, 0.1) is 0 Å². The summed E-state index contributed by atoms with van der Waals surface area (Å²) in [5.41, 5.74) is 0.806. The molecule has 0 saturated carbocycles. The summed E-state index contributed by atoms with van der Waals surface area (Å²) in [5, 5.41) is 18.4. The zero-order valence-corrected chi connectivity index (χ0v) is 10.00. The third kappa shape index (κ3) is 2.59. The monoisotopic (exact) mass is 315 g/mol. The second-order valence-electron chi connectivity index (χ2n) is 2.96. The van der Waals surface area contributed by atoms with Crippen molar-refractivity contribution in [1.82, 2.24) is 0 Å². The maximum atomic E-state index is 9.30. The van der Waals surface area contributed by atoms with Gasteiger partial charge in [-0.1, -0.05) is 6.07 Å². The summed E-state index contributed by atoms with van der Waals surface area (Å²) < 4.78 is 1.85. The Hall–Kier alpha value is -1.30. The lowest BCUT2D eigenvalue weighted by atomic mass is 10.2. The number of nitrogens with zero attached hydrogens (tertiary/aromatic N) is 1. The Morgan fingerprint density at radius 1 is 0.867 bits per heavy atom. The van der Waals surface area contributed by atoms with Gasteiger partial charge in [-0.25, -0.2) is 0 Å². The molecule has 0 aliphatic heterocycles. The molecule has 0 amide bonds. The number of phenols is 2. The number of aromatic hydroxyl groups is 2. The average molecular weight is 315 g/mol. The van der Waals surface area contributed by atoms with Crippen molar-refractivity contribution in [2.24, 2.45) is 0 Å². The second kappa shape index (κ2) is 4.97. The van der Waals surface area contributed by atoms with Gasteiger partial charge >= 0.3 is 0 Å². The molecule has 0 spiro atoms. The van der Waals surface area contributed by atoms with Gasteiger partial charge in [-0.15, -0.1) is 0 Å². The molecule has 1 aromatic carbocycles. The Morgan fingerprint density at radius 3 is 2.13 bits per heavy atom. The third-order valence-corrected chi connectivity index (χ3v) is 1.97. The van der Waals surface area contributed by atoms with Gasteiger partial charge in [0.2, 0.25) is 5.69 Å². The van der Waals surface area contributed by atoms with Crippen molar-refractivity contribution in [2.75, 3.05) is 0 Å². The smallest absolute Gasteiger partial charge is 0.214 e. The van der Waals surface area contributed by atoms with Crippen molar-refractivity contribution in [3.8, 4) is 17.2 Å². The van der Waals surface area contributed by atoms with Gasteiger partial charge in [0.05, 0.1) is 6.07 Å². The summed E-state index contributed by atoms with van der Waals surface area (Å²) in [7, 11) is 0. The first kappa shape index (κ1) is 11.8. The molecule has 0 bridgehead atoms. The van der Waals surface area contributed by atoms with E-state index in [0.29, 0.717) is 0 Å². The van der Waals surface area contributed by atoms with E-state index in [1.54, 1.807) is 6.07 Å². The Balaban J connectivity index is 0.00000112. The number of rotatable bonds is 1. The summed E-state index contributed by atoms with van der Waals surface area (Å²) in [6.07, 6.45) is 3.73. The number of hydrogen-bond donors (Lipinski definition) is 2. The summed E-state index contributed by atoms with van der Waals surface area (Å²) in [6, 6.07) is 10.4. The highest BCUT2D eigenvalue weighted by Crippen LogP contribution is 2.24. The maximum absolute atomic E-state index is 9.30. The molecule has 1 aromatic heterocycles. The van der Waals surface area contributed by atoms with Crippen molar-refractivity contribution in [1.29, 1.82) is 0 Å². The van der Waals surface area contributed by atoms with E-state index < -0.39 is 0 Å². The fourth-order valence-electron chi connectivity index (χ4n) is 1.24. The number of phenolic OH excluding ortho intramolecular Hbond substituents is 2. The van der Waals surface area contributed by atoms with Gasteiger partial charge in [-0.2, -0.15) is 4.57 Å². The van der Waals surface area contributed by atoms with Crippen LogP contribution in [0.15, 0.2) is 48.8 Å². The Labute approximate surface area is 105 Å². The van der Waals surface area contributed by atoms with E-state index in [-0.39, 0.29) is 35.5 Å². The lowest BCUT2D eigenvalue weighted by molar-refractivity contribution is -0.595. The summed E-state index contributed by atoms with van der Waals surface area (Å²) in [4.78, 5) is 0. The minimum Gasteiger partial charge on any atom is -1.00 e. The SMILES string of the molecule is Oc1ccc(-[n+]2ccccc2)cc1O.[I-]. The highest BCUT2D eigenvalue weighted by molar-refractivity contribution is 5.43. The molecule has 0 aliphatic carbocycles. The molecule has 3 nitrogen and oxygen atoms in total. The first-order chi connectivity index (χ1) is 6.77. The van der Waals surface area contributed by atoms with Gasteiger partial charge in [0.15, 0.2) is 23.9 Å². The molecule has 0 radical (unpaired) electrons. The fourth-order valence-corrected chi connectivity index (χ4v) is 1.24. The van der Waals surface area contributed by atoms with Crippen LogP contribution < -0.4 is 28.5 Å². The topological polar surface area (TPSA) is 44.3 Å². The van der Waals surface area contributed by atoms with Gasteiger partial charge in [0, 0.05) is 18.2 Å². The molecule has 0 unspecified atom stereocenters. The molecule has 0 aliphatic rings. The van der Waals surface area contributed by atoms with Crippen LogP contribution in [0.1, 0.15) is 0 Å². The van der Waals surface area contributed by atoms with Crippen LogP contribution in [0.4, 0.5) is 0 Å². The molecular weight excluding hydrogens is 305 g/mol. The molecule has 1 heterocycles. The molecule has 0 saturated heterocycles. The molecule has 15 heavy (non-hydrogen) atoms. The van der Waals surface area contributed by atoms with Crippen molar-refractivity contribution < 1.29 is 38.8 Å². The van der Waals surface area contributed by atoms with Crippen molar-refractivity contribution in [3.05, 3.63) is 48.8 Å². The Kier molecular flexibility index (Phi) is 3.90. The zero-order valence-electron chi connectivity index (χ0n) is 7.84. The van der Waals surface area contributed by atoms with Crippen molar-refractivity contribution >= 4 is 0 Å². The van der Waals surface area contributed by atoms with Crippen LogP contribution in [0.25, 0.3) is 5.69 Å². The first-order valence-corrected chi connectivity index (χ1v) is 4.26. The van der Waals surface area contributed by atoms with Crippen LogP contribution >= 0.6 is 0 Å². The van der Waals surface area contributed by atoms with Gasteiger partial charge in [-0.3, -0.25) is 0 Å². The lowest BCUT2D eigenvalue weighted by Crippen LogP contribution is -3.00. The van der Waals surface area contributed by atoms with Crippen molar-refractivity contribution in [3.63, 3.8) is 0 Å². The van der Waals surface area contributed by atoms with Crippen LogP contribution in [-0.2, 0) is 0 Å². The molecule has 2 rings (SSSR count). The molecule has 4 heteroatoms. The normalized spacial score (nSPS) is 9.33. The van der Waals surface area contributed by atoms with Crippen LogP contribution in [0.2, 0.25) is 0 Å². The highest BCUT2D eigenvalue weighted by atomic mass is 127. The molecule has 0 fully saturated rings. The predicted molar refractivity (Wildman–Crippen MR) is 51.3 cm³/mol. The largest absolute Gasteiger partial charge is 1.00 e. The minimum absolute atomic E-state index is 0. The number of benzene rings is 1. The molecule has 2 aromatic rings. The van der Waals surface area contributed by atoms with Gasteiger partial charge in [0.1, 0.15) is 0 Å². The van der Waals surface area contributed by atoms with E-state index in [0.717, 1.165) is 5.69 Å². The maximum Gasteiger partial charge on any atom is 0.214 e. The summed E-state index contributed by atoms with van der Waals surface area (Å²) >= 11 is 0. The second-order valence-corrected chi connectivity index (χ2v) is 2.96. The number of aromatic nitrogens is 1. The quantitative estimate of drug-likeness (QED) is 0.377. The van der Waals surface area contributed by atoms with Crippen molar-refractivity contribution in [2.45, 2.75) is 0 Å². The molecule has 78 valence electrons.